The van der Waals surface area contributed by atoms with Crippen molar-refractivity contribution in [3.63, 3.8) is 0 Å². The number of carbonyl (C=O) groups is 2. The van der Waals surface area contributed by atoms with Crippen LogP contribution < -0.4 is 10.6 Å². The number of nitrogens with one attached hydrogen (secondary N) is 2. The molecule has 2 aromatic carbocycles. The average Bonchev–Trinajstić information content (AvgIpc) is 2.65. The summed E-state index contributed by atoms with van der Waals surface area (Å²) >= 11 is 5.49. The molecule has 5 nitrogen and oxygen atoms in total. The number of rotatable bonds is 4. The molecule has 0 unspecified atom stereocenters. The van der Waals surface area contributed by atoms with E-state index in [0.717, 1.165) is 8.04 Å². The first-order valence-corrected chi connectivity index (χ1v) is 9.48. The van der Waals surface area contributed by atoms with Gasteiger partial charge < -0.3 is 10.6 Å². The Morgan fingerprint density at radius 3 is 2.42 bits per heavy atom. The molecule has 0 aliphatic rings. The fraction of sp³-hybridized carbons (Fsp3) is 0. The number of hydrogen-bond donors (Lipinski definition) is 2. The van der Waals surface area contributed by atoms with Crippen molar-refractivity contribution < 1.29 is 9.59 Å². The molecule has 2 N–H and O–H groups in total. The van der Waals surface area contributed by atoms with Crippen LogP contribution in [0, 0.1) is 3.57 Å². The number of hydrogen-bond acceptors (Lipinski definition) is 3. The second kappa shape index (κ2) is 8.41. The van der Waals surface area contributed by atoms with Gasteiger partial charge in [-0.25, -0.2) is 0 Å². The molecule has 0 bridgehead atoms. The Morgan fingerprint density at radius 2 is 1.73 bits per heavy atom. The molecular weight excluding hydrogens is 509 g/mol. The SMILES string of the molecule is O=C(Nc1ccc(I)cc1C(=O)Nc1ccc(Br)cc1)c1cccnc1. The zero-order chi connectivity index (χ0) is 18.5. The third-order valence-corrected chi connectivity index (χ3v) is 4.70. The number of benzene rings is 2. The molecule has 1 heterocycles. The smallest absolute Gasteiger partial charge is 0.257 e. The van der Waals surface area contributed by atoms with Crippen molar-refractivity contribution >= 4 is 61.7 Å². The number of amides is 2. The summed E-state index contributed by atoms with van der Waals surface area (Å²) in [5.74, 6) is -0.621. The van der Waals surface area contributed by atoms with Gasteiger partial charge in [0.15, 0.2) is 0 Å². The first-order chi connectivity index (χ1) is 12.5. The van der Waals surface area contributed by atoms with Gasteiger partial charge in [-0.05, 0) is 77.2 Å². The minimum Gasteiger partial charge on any atom is -0.322 e. The van der Waals surface area contributed by atoms with E-state index in [4.69, 9.17) is 0 Å². The van der Waals surface area contributed by atoms with Crippen molar-refractivity contribution in [2.45, 2.75) is 0 Å². The zero-order valence-corrected chi connectivity index (χ0v) is 17.1. The molecule has 0 spiro atoms. The van der Waals surface area contributed by atoms with E-state index in [-0.39, 0.29) is 11.8 Å². The molecule has 0 saturated carbocycles. The summed E-state index contributed by atoms with van der Waals surface area (Å²) in [5.41, 5.74) is 1.91. The van der Waals surface area contributed by atoms with E-state index in [1.54, 1.807) is 42.6 Å². The maximum Gasteiger partial charge on any atom is 0.257 e. The first-order valence-electron chi connectivity index (χ1n) is 7.61. The number of carbonyl (C=O) groups excluding carboxylic acids is 2. The van der Waals surface area contributed by atoms with Gasteiger partial charge in [0.2, 0.25) is 0 Å². The molecule has 7 heteroatoms. The number of halogens is 2. The lowest BCUT2D eigenvalue weighted by molar-refractivity contribution is 0.102. The van der Waals surface area contributed by atoms with Crippen molar-refractivity contribution in [1.82, 2.24) is 4.98 Å². The van der Waals surface area contributed by atoms with Crippen molar-refractivity contribution in [3.05, 3.63) is 86.2 Å². The molecule has 0 fully saturated rings. The van der Waals surface area contributed by atoms with E-state index >= 15 is 0 Å². The largest absolute Gasteiger partial charge is 0.322 e. The van der Waals surface area contributed by atoms with Gasteiger partial charge >= 0.3 is 0 Å². The van der Waals surface area contributed by atoms with Gasteiger partial charge in [0.1, 0.15) is 0 Å². The highest BCUT2D eigenvalue weighted by molar-refractivity contribution is 14.1. The molecule has 0 aliphatic carbocycles. The highest BCUT2D eigenvalue weighted by Crippen LogP contribution is 2.22. The summed E-state index contributed by atoms with van der Waals surface area (Å²) in [5, 5.41) is 5.62. The van der Waals surface area contributed by atoms with E-state index in [1.807, 2.05) is 18.2 Å². The molecule has 0 atom stereocenters. The molecule has 1 aromatic heterocycles. The van der Waals surface area contributed by atoms with E-state index in [0.29, 0.717) is 22.5 Å². The predicted octanol–water partition coefficient (Wildman–Crippen LogP) is 4.95. The molecule has 0 aliphatic heterocycles. The second-order valence-corrected chi connectivity index (χ2v) is 7.51. The van der Waals surface area contributed by atoms with Gasteiger partial charge in [-0.15, -0.1) is 0 Å². The van der Waals surface area contributed by atoms with Gasteiger partial charge in [-0.3, -0.25) is 14.6 Å². The molecule has 26 heavy (non-hydrogen) atoms. The molecule has 3 rings (SSSR count). The topological polar surface area (TPSA) is 71.1 Å². The maximum absolute atomic E-state index is 12.7. The third kappa shape index (κ3) is 4.67. The summed E-state index contributed by atoms with van der Waals surface area (Å²) in [7, 11) is 0. The molecular formula is C19H13BrIN3O2. The standard InChI is InChI=1S/C19H13BrIN3O2/c20-13-3-6-15(7-4-13)23-19(26)16-10-14(21)5-8-17(16)24-18(25)12-2-1-9-22-11-12/h1-11H,(H,23,26)(H,24,25). The summed E-state index contributed by atoms with van der Waals surface area (Å²) in [6, 6.07) is 15.9. The lowest BCUT2D eigenvalue weighted by Crippen LogP contribution is -2.18. The van der Waals surface area contributed by atoms with Crippen LogP contribution in [0.1, 0.15) is 20.7 Å². The van der Waals surface area contributed by atoms with Crippen molar-refractivity contribution in [2.75, 3.05) is 10.6 Å². The molecule has 0 radical (unpaired) electrons. The average molecular weight is 522 g/mol. The Kier molecular flexibility index (Phi) is 6.00. The van der Waals surface area contributed by atoms with Crippen LogP contribution in [0.5, 0.6) is 0 Å². The highest BCUT2D eigenvalue weighted by atomic mass is 127. The van der Waals surface area contributed by atoms with E-state index in [2.05, 4.69) is 54.1 Å². The van der Waals surface area contributed by atoms with Crippen LogP contribution in [0.2, 0.25) is 0 Å². The number of nitrogens with zero attached hydrogens (tertiary/aromatic N) is 1. The summed E-state index contributed by atoms with van der Waals surface area (Å²) in [6.07, 6.45) is 3.07. The Balaban J connectivity index is 1.84. The monoisotopic (exact) mass is 521 g/mol. The number of anilines is 2. The fourth-order valence-corrected chi connectivity index (χ4v) is 2.99. The van der Waals surface area contributed by atoms with Crippen LogP contribution in [-0.2, 0) is 0 Å². The van der Waals surface area contributed by atoms with Gasteiger partial charge in [0.05, 0.1) is 16.8 Å². The van der Waals surface area contributed by atoms with Crippen LogP contribution in [-0.4, -0.2) is 16.8 Å². The number of pyridine rings is 1. The van der Waals surface area contributed by atoms with Gasteiger partial charge in [-0.1, -0.05) is 15.9 Å². The highest BCUT2D eigenvalue weighted by Gasteiger charge is 2.15. The van der Waals surface area contributed by atoms with Crippen molar-refractivity contribution in [1.29, 1.82) is 0 Å². The first kappa shape index (κ1) is 18.5. The molecule has 2 amide bonds. The normalized spacial score (nSPS) is 10.2. The summed E-state index contributed by atoms with van der Waals surface area (Å²) < 4.78 is 1.82. The number of aromatic nitrogens is 1. The predicted molar refractivity (Wildman–Crippen MR) is 113 cm³/mol. The van der Waals surface area contributed by atoms with Gasteiger partial charge in [-0.2, -0.15) is 0 Å². The summed E-state index contributed by atoms with van der Waals surface area (Å²) in [4.78, 5) is 29.0. The zero-order valence-electron chi connectivity index (χ0n) is 13.4. The Morgan fingerprint density at radius 1 is 0.962 bits per heavy atom. The van der Waals surface area contributed by atoms with Crippen LogP contribution in [0.4, 0.5) is 11.4 Å². The fourth-order valence-electron chi connectivity index (χ4n) is 2.24. The maximum atomic E-state index is 12.7. The quantitative estimate of drug-likeness (QED) is 0.477. The Bertz CT molecular complexity index is 947. The Labute approximate surface area is 172 Å². The lowest BCUT2D eigenvalue weighted by Gasteiger charge is -2.12. The van der Waals surface area contributed by atoms with E-state index in [1.165, 1.54) is 6.20 Å². The van der Waals surface area contributed by atoms with Crippen LogP contribution in [0.15, 0.2) is 71.5 Å². The minimum atomic E-state index is -0.322. The lowest BCUT2D eigenvalue weighted by atomic mass is 10.1. The van der Waals surface area contributed by atoms with E-state index in [9.17, 15) is 9.59 Å². The van der Waals surface area contributed by atoms with Crippen molar-refractivity contribution in [3.8, 4) is 0 Å². The van der Waals surface area contributed by atoms with Crippen LogP contribution in [0.25, 0.3) is 0 Å². The molecule has 130 valence electrons. The van der Waals surface area contributed by atoms with Gasteiger partial charge in [0, 0.05) is 26.1 Å². The third-order valence-electron chi connectivity index (χ3n) is 3.50. The van der Waals surface area contributed by atoms with Gasteiger partial charge in [0.25, 0.3) is 11.8 Å². The second-order valence-electron chi connectivity index (χ2n) is 5.35. The van der Waals surface area contributed by atoms with Crippen molar-refractivity contribution in [2.24, 2.45) is 0 Å². The van der Waals surface area contributed by atoms with Crippen LogP contribution in [0.3, 0.4) is 0 Å². The van der Waals surface area contributed by atoms with E-state index < -0.39 is 0 Å². The summed E-state index contributed by atoms with van der Waals surface area (Å²) in [6.45, 7) is 0. The molecule has 3 aromatic rings. The Hall–Kier alpha value is -2.26. The minimum absolute atomic E-state index is 0.299. The molecule has 0 saturated heterocycles. The van der Waals surface area contributed by atoms with Crippen LogP contribution >= 0.6 is 38.5 Å².